The fraction of sp³-hybridized carbons (Fsp3) is 0.467. The van der Waals surface area contributed by atoms with Gasteiger partial charge >= 0.3 is 0 Å². The van der Waals surface area contributed by atoms with Crippen molar-refractivity contribution in [2.75, 3.05) is 7.11 Å². The Labute approximate surface area is 223 Å². The van der Waals surface area contributed by atoms with Gasteiger partial charge in [0.1, 0.15) is 17.3 Å². The zero-order chi connectivity index (χ0) is 26.5. The van der Waals surface area contributed by atoms with Crippen LogP contribution < -0.4 is 4.74 Å². The van der Waals surface area contributed by atoms with Crippen molar-refractivity contribution in [1.82, 2.24) is 14.7 Å². The largest absolute Gasteiger partial charge is 0.495 e. The third kappa shape index (κ3) is 5.14. The number of hydrogen-bond donors (Lipinski definition) is 0. The summed E-state index contributed by atoms with van der Waals surface area (Å²) >= 11 is 6.41. The predicted molar refractivity (Wildman–Crippen MR) is 148 cm³/mol. The molecule has 0 bridgehead atoms. The molecule has 0 radical (unpaired) electrons. The normalized spacial score (nSPS) is 17.4. The first-order chi connectivity index (χ1) is 17.5. The molecule has 37 heavy (non-hydrogen) atoms. The van der Waals surface area contributed by atoms with E-state index < -0.39 is 0 Å². The van der Waals surface area contributed by atoms with Gasteiger partial charge in [-0.3, -0.25) is 0 Å². The standard InChI is InChI=1S/C30H36ClN3O3/c1-18-28(19(2)36-33-18)21-10-11-25-24(15-21)32-27(13-9-20-8-12-26(35-7)23(31)14-20)34(25)22-16-29(3,4)37-30(5,6)17-22/h8,10-12,14-15,22H,9,13,16-17H2,1-7H3. The summed E-state index contributed by atoms with van der Waals surface area (Å²) in [5.74, 6) is 2.59. The van der Waals surface area contributed by atoms with Crippen molar-refractivity contribution in [1.29, 1.82) is 0 Å². The van der Waals surface area contributed by atoms with Gasteiger partial charge < -0.3 is 18.6 Å². The van der Waals surface area contributed by atoms with E-state index in [0.717, 1.165) is 70.7 Å². The maximum atomic E-state index is 6.42. The second kappa shape index (κ2) is 9.48. The molecule has 0 unspecified atom stereocenters. The SMILES string of the molecule is COc1ccc(CCc2nc3cc(-c4c(C)noc4C)ccc3n2C2CC(C)(C)OC(C)(C)C2)cc1Cl. The second-order valence-corrected chi connectivity index (χ2v) is 11.9. The molecule has 3 heterocycles. The lowest BCUT2D eigenvalue weighted by Gasteiger charge is -2.46. The first kappa shape index (κ1) is 25.8. The van der Waals surface area contributed by atoms with Crippen molar-refractivity contribution in [2.45, 2.75) is 84.5 Å². The molecule has 5 rings (SSSR count). The van der Waals surface area contributed by atoms with Crippen LogP contribution in [0.1, 0.15) is 69.4 Å². The first-order valence-corrected chi connectivity index (χ1v) is 13.3. The summed E-state index contributed by atoms with van der Waals surface area (Å²) in [5, 5.41) is 4.78. The van der Waals surface area contributed by atoms with Crippen LogP contribution in [0.25, 0.3) is 22.2 Å². The number of rotatable bonds is 6. The van der Waals surface area contributed by atoms with Crippen LogP contribution in [-0.2, 0) is 17.6 Å². The number of fused-ring (bicyclic) bond motifs is 1. The number of nitrogens with zero attached hydrogens (tertiary/aromatic N) is 3. The second-order valence-electron chi connectivity index (χ2n) is 11.5. The zero-order valence-corrected chi connectivity index (χ0v) is 23.6. The van der Waals surface area contributed by atoms with E-state index >= 15 is 0 Å². The molecule has 0 aliphatic carbocycles. The number of halogens is 1. The van der Waals surface area contributed by atoms with Crippen LogP contribution >= 0.6 is 11.6 Å². The Morgan fingerprint density at radius 2 is 1.76 bits per heavy atom. The van der Waals surface area contributed by atoms with Gasteiger partial charge in [-0.1, -0.05) is 28.9 Å². The molecule has 0 spiro atoms. The lowest BCUT2D eigenvalue weighted by atomic mass is 9.85. The maximum Gasteiger partial charge on any atom is 0.141 e. The Kier molecular flexibility index (Phi) is 6.61. The average Bonchev–Trinajstić information content (AvgIpc) is 3.34. The highest BCUT2D eigenvalue weighted by atomic mass is 35.5. The smallest absolute Gasteiger partial charge is 0.141 e. The van der Waals surface area contributed by atoms with Crippen molar-refractivity contribution in [3.8, 4) is 16.9 Å². The van der Waals surface area contributed by atoms with Crippen LogP contribution in [0.3, 0.4) is 0 Å². The summed E-state index contributed by atoms with van der Waals surface area (Å²) in [5.41, 5.74) is 5.86. The minimum atomic E-state index is -0.222. The topological polar surface area (TPSA) is 62.3 Å². The molecule has 4 aromatic rings. The van der Waals surface area contributed by atoms with E-state index in [-0.39, 0.29) is 17.2 Å². The third-order valence-electron chi connectivity index (χ3n) is 7.31. The number of imidazole rings is 1. The van der Waals surface area contributed by atoms with Crippen molar-refractivity contribution < 1.29 is 14.0 Å². The van der Waals surface area contributed by atoms with E-state index in [9.17, 15) is 0 Å². The molecule has 0 N–H and O–H groups in total. The van der Waals surface area contributed by atoms with Gasteiger partial charge in [0.2, 0.25) is 0 Å². The average molecular weight is 522 g/mol. The highest BCUT2D eigenvalue weighted by molar-refractivity contribution is 6.32. The van der Waals surface area contributed by atoms with Gasteiger partial charge in [0.25, 0.3) is 0 Å². The number of aromatic nitrogens is 3. The van der Waals surface area contributed by atoms with Crippen LogP contribution in [0.4, 0.5) is 0 Å². The summed E-state index contributed by atoms with van der Waals surface area (Å²) in [4.78, 5) is 5.20. The van der Waals surface area contributed by atoms with Crippen molar-refractivity contribution >= 4 is 22.6 Å². The molecule has 1 fully saturated rings. The van der Waals surface area contributed by atoms with Gasteiger partial charge in [0.05, 0.1) is 40.1 Å². The van der Waals surface area contributed by atoms with Crippen LogP contribution in [0.2, 0.25) is 5.02 Å². The van der Waals surface area contributed by atoms with Crippen molar-refractivity contribution in [3.63, 3.8) is 0 Å². The molecule has 2 aromatic heterocycles. The van der Waals surface area contributed by atoms with Crippen LogP contribution in [0, 0.1) is 13.8 Å². The Balaban J connectivity index is 1.57. The molecule has 0 atom stereocenters. The van der Waals surface area contributed by atoms with E-state index in [1.54, 1.807) is 7.11 Å². The Bertz CT molecular complexity index is 1410. The van der Waals surface area contributed by atoms with Gasteiger partial charge in [0.15, 0.2) is 0 Å². The van der Waals surface area contributed by atoms with Crippen molar-refractivity contribution in [3.05, 3.63) is 64.3 Å². The molecule has 0 amide bonds. The Morgan fingerprint density at radius 1 is 1.03 bits per heavy atom. The number of aryl methyl sites for hydroxylation is 4. The summed E-state index contributed by atoms with van der Waals surface area (Å²) in [6, 6.07) is 12.8. The molecular formula is C30H36ClN3O3. The fourth-order valence-corrected chi connectivity index (χ4v) is 6.41. The van der Waals surface area contributed by atoms with E-state index in [1.807, 2.05) is 26.0 Å². The fourth-order valence-electron chi connectivity index (χ4n) is 6.13. The number of ether oxygens (including phenoxy) is 2. The quantitative estimate of drug-likeness (QED) is 0.260. The molecule has 1 aliphatic heterocycles. The molecule has 1 aliphatic rings. The summed E-state index contributed by atoms with van der Waals surface area (Å²) in [6.45, 7) is 12.7. The van der Waals surface area contributed by atoms with E-state index in [0.29, 0.717) is 10.8 Å². The van der Waals surface area contributed by atoms with Gasteiger partial charge in [-0.2, -0.15) is 0 Å². The van der Waals surface area contributed by atoms with Crippen molar-refractivity contribution in [2.24, 2.45) is 0 Å². The van der Waals surface area contributed by atoms with Crippen LogP contribution in [-0.4, -0.2) is 33.0 Å². The monoisotopic (exact) mass is 521 g/mol. The minimum absolute atomic E-state index is 0.222. The number of methoxy groups -OCH3 is 1. The predicted octanol–water partition coefficient (Wildman–Crippen LogP) is 7.66. The molecule has 0 saturated carbocycles. The van der Waals surface area contributed by atoms with E-state index in [1.165, 1.54) is 0 Å². The van der Waals surface area contributed by atoms with E-state index in [4.69, 9.17) is 30.6 Å². The summed E-state index contributed by atoms with van der Waals surface area (Å²) in [6.07, 6.45) is 3.49. The van der Waals surface area contributed by atoms with Gasteiger partial charge in [0, 0.05) is 18.0 Å². The molecule has 6 nitrogen and oxygen atoms in total. The van der Waals surface area contributed by atoms with Gasteiger partial charge in [-0.05, 0) is 96.2 Å². The molecular weight excluding hydrogens is 486 g/mol. The zero-order valence-electron chi connectivity index (χ0n) is 22.8. The van der Waals surface area contributed by atoms with Gasteiger partial charge in [-0.25, -0.2) is 4.98 Å². The molecule has 1 saturated heterocycles. The summed E-state index contributed by atoms with van der Waals surface area (Å²) < 4.78 is 19.6. The maximum absolute atomic E-state index is 6.42. The lowest BCUT2D eigenvalue weighted by Crippen LogP contribution is -2.46. The van der Waals surface area contributed by atoms with E-state index in [2.05, 4.69) is 61.7 Å². The third-order valence-corrected chi connectivity index (χ3v) is 7.61. The molecule has 7 heteroatoms. The molecule has 196 valence electrons. The minimum Gasteiger partial charge on any atom is -0.495 e. The number of hydrogen-bond acceptors (Lipinski definition) is 5. The first-order valence-electron chi connectivity index (χ1n) is 12.9. The molecule has 2 aromatic carbocycles. The Morgan fingerprint density at radius 3 is 2.38 bits per heavy atom. The summed E-state index contributed by atoms with van der Waals surface area (Å²) in [7, 11) is 1.64. The van der Waals surface area contributed by atoms with Gasteiger partial charge in [-0.15, -0.1) is 0 Å². The highest BCUT2D eigenvalue weighted by Gasteiger charge is 2.41. The highest BCUT2D eigenvalue weighted by Crippen LogP contribution is 2.43. The van der Waals surface area contributed by atoms with Crippen LogP contribution in [0.5, 0.6) is 5.75 Å². The lowest BCUT2D eigenvalue weighted by molar-refractivity contribution is -0.169. The number of benzene rings is 2. The van der Waals surface area contributed by atoms with Crippen LogP contribution in [0.15, 0.2) is 40.9 Å². The Hall–Kier alpha value is -2.83.